The fourth-order valence-corrected chi connectivity index (χ4v) is 12.9. The summed E-state index contributed by atoms with van der Waals surface area (Å²) in [6, 6.07) is 75.3. The quantitative estimate of drug-likeness (QED) is 0.154. The minimum atomic E-state index is -0.0720. The van der Waals surface area contributed by atoms with Crippen LogP contribution in [0.5, 0.6) is 0 Å². The normalized spacial score (nSPS) is 18.8. The molecule has 3 heterocycles. The first-order valence-electron chi connectivity index (χ1n) is 24.8. The molecule has 0 N–H and O–H groups in total. The Hall–Kier alpha value is -7.30. The molecule has 68 heavy (non-hydrogen) atoms. The van der Waals surface area contributed by atoms with E-state index in [1.165, 1.54) is 115 Å². The number of fused-ring (bicyclic) bond motifs is 8. The smallest absolute Gasteiger partial charge is 0.252 e. The molecule has 13 rings (SSSR count). The molecule has 4 aliphatic rings. The van der Waals surface area contributed by atoms with E-state index in [0.29, 0.717) is 0 Å². The van der Waals surface area contributed by atoms with Gasteiger partial charge in [0.2, 0.25) is 0 Å². The van der Waals surface area contributed by atoms with Gasteiger partial charge in [-0.05, 0) is 146 Å². The van der Waals surface area contributed by atoms with Crippen molar-refractivity contribution in [2.45, 2.75) is 76.7 Å². The molecule has 1 saturated carbocycles. The Morgan fingerprint density at radius 2 is 1.15 bits per heavy atom. The summed E-state index contributed by atoms with van der Waals surface area (Å²) in [7, 11) is 0. The summed E-state index contributed by atoms with van der Waals surface area (Å²) in [6.45, 7) is 12.4. The molecule has 9 aromatic rings. The van der Waals surface area contributed by atoms with Crippen LogP contribution >= 0.6 is 0 Å². The number of nitrogens with zero attached hydrogens (tertiary/aromatic N) is 3. The molecule has 2 atom stereocenters. The van der Waals surface area contributed by atoms with Crippen LogP contribution in [0.25, 0.3) is 33.0 Å². The molecule has 0 aromatic heterocycles. The van der Waals surface area contributed by atoms with E-state index in [-0.39, 0.29) is 23.1 Å². The van der Waals surface area contributed by atoms with Crippen LogP contribution in [0, 0.1) is 0 Å². The molecule has 3 aliphatic heterocycles. The summed E-state index contributed by atoms with van der Waals surface area (Å²) in [6.07, 6.45) is 4.92. The van der Waals surface area contributed by atoms with Gasteiger partial charge < -0.3 is 14.7 Å². The molecule has 3 nitrogen and oxygen atoms in total. The largest absolute Gasteiger partial charge is 0.335 e. The van der Waals surface area contributed by atoms with E-state index >= 15 is 0 Å². The lowest BCUT2D eigenvalue weighted by Crippen LogP contribution is -2.64. The molecule has 0 bridgehead atoms. The number of anilines is 8. The zero-order chi connectivity index (χ0) is 45.9. The van der Waals surface area contributed by atoms with Gasteiger partial charge in [0.05, 0.1) is 5.54 Å². The van der Waals surface area contributed by atoms with Crippen LogP contribution in [0.2, 0.25) is 0 Å². The van der Waals surface area contributed by atoms with Crippen molar-refractivity contribution in [3.63, 3.8) is 0 Å². The van der Waals surface area contributed by atoms with Gasteiger partial charge in [-0.2, -0.15) is 0 Å². The van der Waals surface area contributed by atoms with Crippen molar-refractivity contribution in [2.24, 2.45) is 0 Å². The Kier molecular flexibility index (Phi) is 9.09. The van der Waals surface area contributed by atoms with E-state index in [0.717, 1.165) is 17.1 Å². The minimum absolute atomic E-state index is 0.0317. The highest BCUT2D eigenvalue weighted by Crippen LogP contribution is 2.62. The Bertz CT molecular complexity index is 3460. The van der Waals surface area contributed by atoms with Gasteiger partial charge in [0, 0.05) is 50.9 Å². The molecule has 1 aliphatic carbocycles. The zero-order valence-corrected chi connectivity index (χ0v) is 39.8. The van der Waals surface area contributed by atoms with Crippen molar-refractivity contribution in [1.82, 2.24) is 0 Å². The second-order valence-electron chi connectivity index (χ2n) is 21.2. The first-order chi connectivity index (χ1) is 33.1. The van der Waals surface area contributed by atoms with Crippen molar-refractivity contribution >= 4 is 79.4 Å². The first kappa shape index (κ1) is 40.9. The standard InChI is InChI=1S/C64H56BN3/c1-62(2,3)47-40-58-60-59(41-47)68-61-54(63(4)36-14-15-37-64(63,68)5)32-19-33-56(61)65(60)55-35-34-51(42-57(55)67(58)48-26-10-7-11-27-48)66(49-28-16-24-45(38-49)43-20-8-6-9-21-43)50-29-17-25-46(39-50)53-31-18-23-44-22-12-13-30-52(44)53/h6-13,16-35,38-42H,14-15,36-37H2,1-5H3. The lowest BCUT2D eigenvalue weighted by atomic mass is 9.33. The van der Waals surface area contributed by atoms with E-state index in [1.807, 2.05) is 0 Å². The fraction of sp³-hybridized carbons (Fsp3) is 0.188. The molecule has 4 heteroatoms. The van der Waals surface area contributed by atoms with Crippen LogP contribution in [0.1, 0.15) is 71.4 Å². The third-order valence-electron chi connectivity index (χ3n) is 16.5. The highest BCUT2D eigenvalue weighted by Gasteiger charge is 2.61. The molecule has 0 amide bonds. The third-order valence-corrected chi connectivity index (χ3v) is 16.5. The molecular formula is C64H56BN3. The molecule has 330 valence electrons. The number of para-hydroxylation sites is 2. The third kappa shape index (κ3) is 5.99. The lowest BCUT2D eigenvalue weighted by molar-refractivity contribution is 0.195. The average Bonchev–Trinajstić information content (AvgIpc) is 3.59. The van der Waals surface area contributed by atoms with Crippen molar-refractivity contribution in [3.8, 4) is 22.3 Å². The Morgan fingerprint density at radius 3 is 1.94 bits per heavy atom. The van der Waals surface area contributed by atoms with E-state index < -0.39 is 0 Å². The molecule has 2 unspecified atom stereocenters. The summed E-state index contributed by atoms with van der Waals surface area (Å²) in [5.41, 5.74) is 21.7. The second-order valence-corrected chi connectivity index (χ2v) is 21.2. The maximum atomic E-state index is 2.86. The average molecular weight is 878 g/mol. The van der Waals surface area contributed by atoms with Gasteiger partial charge in [-0.15, -0.1) is 0 Å². The summed E-state index contributed by atoms with van der Waals surface area (Å²) in [5.74, 6) is 0. The van der Waals surface area contributed by atoms with Crippen LogP contribution < -0.4 is 31.1 Å². The van der Waals surface area contributed by atoms with E-state index in [9.17, 15) is 0 Å². The Labute approximate surface area is 402 Å². The summed E-state index contributed by atoms with van der Waals surface area (Å²) in [5, 5.41) is 2.50. The predicted octanol–water partition coefficient (Wildman–Crippen LogP) is 15.3. The lowest BCUT2D eigenvalue weighted by Gasteiger charge is -2.53. The number of hydrogen-bond acceptors (Lipinski definition) is 3. The second kappa shape index (κ2) is 15.1. The van der Waals surface area contributed by atoms with Gasteiger partial charge in [0.25, 0.3) is 6.71 Å². The molecule has 0 radical (unpaired) electrons. The van der Waals surface area contributed by atoms with Crippen molar-refractivity contribution < 1.29 is 0 Å². The number of hydrogen-bond donors (Lipinski definition) is 0. The topological polar surface area (TPSA) is 9.72 Å². The van der Waals surface area contributed by atoms with Crippen LogP contribution in [-0.2, 0) is 10.8 Å². The maximum absolute atomic E-state index is 2.86. The molecule has 0 saturated heterocycles. The monoisotopic (exact) mass is 877 g/mol. The van der Waals surface area contributed by atoms with Gasteiger partial charge in [-0.1, -0.05) is 180 Å². The van der Waals surface area contributed by atoms with Gasteiger partial charge in [0.1, 0.15) is 0 Å². The zero-order valence-electron chi connectivity index (χ0n) is 39.8. The predicted molar refractivity (Wildman–Crippen MR) is 290 cm³/mol. The van der Waals surface area contributed by atoms with E-state index in [1.54, 1.807) is 0 Å². The van der Waals surface area contributed by atoms with E-state index in [4.69, 9.17) is 0 Å². The van der Waals surface area contributed by atoms with Crippen molar-refractivity contribution in [3.05, 3.63) is 211 Å². The highest BCUT2D eigenvalue weighted by molar-refractivity contribution is 7.00. The van der Waals surface area contributed by atoms with Crippen LogP contribution in [-0.4, -0.2) is 12.3 Å². The Balaban J connectivity index is 1.07. The highest BCUT2D eigenvalue weighted by atomic mass is 15.3. The SMILES string of the molecule is CC(C)(C)c1cc2c3c(c1)N1c4c(cccc4C4(C)CCCCC14C)B3c1ccc(N(c3cccc(-c4ccccc4)c3)c3cccc(-c4cccc5ccccc45)c3)cc1N2c1ccccc1. The van der Waals surface area contributed by atoms with Crippen LogP contribution in [0.3, 0.4) is 0 Å². The van der Waals surface area contributed by atoms with Crippen molar-refractivity contribution in [1.29, 1.82) is 0 Å². The van der Waals surface area contributed by atoms with Crippen LogP contribution in [0.4, 0.5) is 45.5 Å². The number of benzene rings is 9. The van der Waals surface area contributed by atoms with Crippen molar-refractivity contribution in [2.75, 3.05) is 14.7 Å². The summed E-state index contributed by atoms with van der Waals surface area (Å²) >= 11 is 0. The first-order valence-corrected chi connectivity index (χ1v) is 24.8. The Morgan fingerprint density at radius 1 is 0.515 bits per heavy atom. The molecular weight excluding hydrogens is 822 g/mol. The van der Waals surface area contributed by atoms with Gasteiger partial charge >= 0.3 is 0 Å². The van der Waals surface area contributed by atoms with E-state index in [2.05, 4.69) is 250 Å². The minimum Gasteiger partial charge on any atom is -0.335 e. The summed E-state index contributed by atoms with van der Waals surface area (Å²) < 4.78 is 0. The molecule has 9 aromatic carbocycles. The molecule has 1 fully saturated rings. The molecule has 0 spiro atoms. The number of rotatable bonds is 6. The summed E-state index contributed by atoms with van der Waals surface area (Å²) in [4.78, 5) is 7.93. The van der Waals surface area contributed by atoms with Gasteiger partial charge in [-0.3, -0.25) is 0 Å². The fourth-order valence-electron chi connectivity index (χ4n) is 12.9. The van der Waals surface area contributed by atoms with Crippen LogP contribution in [0.15, 0.2) is 200 Å². The van der Waals surface area contributed by atoms with Gasteiger partial charge in [0.15, 0.2) is 0 Å². The maximum Gasteiger partial charge on any atom is 0.252 e. The van der Waals surface area contributed by atoms with Gasteiger partial charge in [-0.25, -0.2) is 0 Å².